The van der Waals surface area contributed by atoms with Gasteiger partial charge in [0.25, 0.3) is 0 Å². The van der Waals surface area contributed by atoms with Crippen LogP contribution in [0.3, 0.4) is 0 Å². The Morgan fingerprint density at radius 3 is 2.95 bits per heavy atom. The third kappa shape index (κ3) is 3.73. The molecule has 1 aromatic carbocycles. The molecule has 1 aliphatic heterocycles. The van der Waals surface area contributed by atoms with Crippen molar-refractivity contribution in [3.05, 3.63) is 29.3 Å². The van der Waals surface area contributed by atoms with Crippen LogP contribution in [-0.2, 0) is 9.59 Å². The van der Waals surface area contributed by atoms with Gasteiger partial charge < -0.3 is 10.2 Å². The van der Waals surface area contributed by atoms with Crippen molar-refractivity contribution in [3.63, 3.8) is 0 Å². The third-order valence-corrected chi connectivity index (χ3v) is 3.77. The first kappa shape index (κ1) is 14.9. The minimum Gasteiger partial charge on any atom is -0.342 e. The quantitative estimate of drug-likeness (QED) is 0.932. The fraction of sp³-hybridized carbons (Fsp3) is 0.467. The van der Waals surface area contributed by atoms with Crippen LogP contribution in [0.2, 0.25) is 5.02 Å². The van der Waals surface area contributed by atoms with Crippen LogP contribution >= 0.6 is 11.6 Å². The number of hydrogen-bond donors (Lipinski definition) is 1. The molecule has 0 bridgehead atoms. The van der Waals surface area contributed by atoms with E-state index in [-0.39, 0.29) is 17.7 Å². The maximum absolute atomic E-state index is 12.2. The molecule has 1 N–H and O–H groups in total. The summed E-state index contributed by atoms with van der Waals surface area (Å²) in [7, 11) is 0. The lowest BCUT2D eigenvalue weighted by molar-refractivity contribution is -0.134. The van der Waals surface area contributed by atoms with Crippen LogP contribution in [0.4, 0.5) is 5.69 Å². The predicted molar refractivity (Wildman–Crippen MR) is 79.7 cm³/mol. The van der Waals surface area contributed by atoms with Crippen molar-refractivity contribution in [2.75, 3.05) is 18.4 Å². The third-order valence-electron chi connectivity index (χ3n) is 3.54. The molecular weight excluding hydrogens is 276 g/mol. The van der Waals surface area contributed by atoms with Gasteiger partial charge in [-0.1, -0.05) is 24.6 Å². The first-order chi connectivity index (χ1) is 9.60. The Balaban J connectivity index is 1.97. The molecule has 0 spiro atoms. The van der Waals surface area contributed by atoms with E-state index in [2.05, 4.69) is 5.32 Å². The second kappa shape index (κ2) is 6.75. The van der Waals surface area contributed by atoms with Gasteiger partial charge in [-0.05, 0) is 31.0 Å². The topological polar surface area (TPSA) is 49.4 Å². The fourth-order valence-electron chi connectivity index (χ4n) is 2.45. The maximum atomic E-state index is 12.2. The average Bonchev–Trinajstić information content (AvgIpc) is 2.46. The summed E-state index contributed by atoms with van der Waals surface area (Å²) in [6.07, 6.45) is 2.18. The van der Waals surface area contributed by atoms with Crippen LogP contribution in [0.25, 0.3) is 0 Å². The zero-order valence-electron chi connectivity index (χ0n) is 11.6. The summed E-state index contributed by atoms with van der Waals surface area (Å²) in [5.74, 6) is -0.0654. The molecule has 0 radical (unpaired) electrons. The normalized spacial score (nSPS) is 18.7. The molecule has 1 heterocycles. The summed E-state index contributed by atoms with van der Waals surface area (Å²) in [5, 5.41) is 3.46. The minimum atomic E-state index is -0.141. The van der Waals surface area contributed by atoms with Crippen molar-refractivity contribution in [1.29, 1.82) is 0 Å². The van der Waals surface area contributed by atoms with Crippen molar-refractivity contribution in [3.8, 4) is 0 Å². The Morgan fingerprint density at radius 2 is 2.25 bits per heavy atom. The van der Waals surface area contributed by atoms with Crippen molar-refractivity contribution < 1.29 is 9.59 Å². The molecule has 1 aliphatic rings. The number of carbonyl (C=O) groups excluding carboxylic acids is 2. The number of amides is 2. The highest BCUT2D eigenvalue weighted by Gasteiger charge is 2.27. The zero-order chi connectivity index (χ0) is 14.5. The molecule has 1 atom stereocenters. The van der Waals surface area contributed by atoms with Crippen LogP contribution in [-0.4, -0.2) is 29.8 Å². The number of likely N-dealkylation sites (tertiary alicyclic amines) is 1. The van der Waals surface area contributed by atoms with E-state index in [0.717, 1.165) is 19.4 Å². The molecule has 0 saturated carbocycles. The number of nitrogens with one attached hydrogen (secondary N) is 1. The van der Waals surface area contributed by atoms with Crippen LogP contribution in [0.1, 0.15) is 26.2 Å². The molecule has 4 nitrogen and oxygen atoms in total. The Morgan fingerprint density at radius 1 is 1.45 bits per heavy atom. The van der Waals surface area contributed by atoms with Gasteiger partial charge >= 0.3 is 0 Å². The van der Waals surface area contributed by atoms with Crippen molar-refractivity contribution in [2.24, 2.45) is 5.92 Å². The summed E-state index contributed by atoms with van der Waals surface area (Å²) >= 11 is 5.89. The number of rotatable bonds is 3. The summed E-state index contributed by atoms with van der Waals surface area (Å²) < 4.78 is 0. The first-order valence-corrected chi connectivity index (χ1v) is 7.32. The van der Waals surface area contributed by atoms with Gasteiger partial charge in [0.2, 0.25) is 11.8 Å². The highest BCUT2D eigenvalue weighted by atomic mass is 35.5. The Bertz CT molecular complexity index is 504. The predicted octanol–water partition coefficient (Wildman–Crippen LogP) is 2.93. The molecule has 1 fully saturated rings. The standard InChI is InChI=1S/C15H19ClN2O2/c1-2-14(19)18-8-4-5-11(10-18)15(20)17-13-7-3-6-12(16)9-13/h3,6-7,9,11H,2,4-5,8,10H2,1H3,(H,17,20)/t11-/m0/s1. The molecule has 0 aliphatic carbocycles. The lowest BCUT2D eigenvalue weighted by Crippen LogP contribution is -2.43. The van der Waals surface area contributed by atoms with Gasteiger partial charge in [-0.25, -0.2) is 0 Å². The van der Waals surface area contributed by atoms with Crippen LogP contribution in [0.5, 0.6) is 0 Å². The second-order valence-electron chi connectivity index (χ2n) is 5.03. The highest BCUT2D eigenvalue weighted by molar-refractivity contribution is 6.30. The van der Waals surface area contributed by atoms with Gasteiger partial charge in [-0.3, -0.25) is 9.59 Å². The largest absolute Gasteiger partial charge is 0.342 e. The SMILES string of the molecule is CCC(=O)N1CCC[C@H](C(=O)Nc2cccc(Cl)c2)C1. The zero-order valence-corrected chi connectivity index (χ0v) is 12.3. The minimum absolute atomic E-state index is 0.0409. The maximum Gasteiger partial charge on any atom is 0.229 e. The smallest absolute Gasteiger partial charge is 0.229 e. The van der Waals surface area contributed by atoms with Crippen LogP contribution in [0, 0.1) is 5.92 Å². The van der Waals surface area contributed by atoms with Crippen molar-refractivity contribution in [2.45, 2.75) is 26.2 Å². The lowest BCUT2D eigenvalue weighted by atomic mass is 9.96. The number of anilines is 1. The summed E-state index contributed by atoms with van der Waals surface area (Å²) in [6, 6.07) is 7.09. The van der Waals surface area contributed by atoms with Gasteiger partial charge in [-0.15, -0.1) is 0 Å². The Kier molecular flexibility index (Phi) is 5.01. The molecule has 0 aromatic heterocycles. The summed E-state index contributed by atoms with van der Waals surface area (Å²) in [6.45, 7) is 3.12. The van der Waals surface area contributed by atoms with E-state index in [1.165, 1.54) is 0 Å². The molecule has 5 heteroatoms. The van der Waals surface area contributed by atoms with Crippen molar-refractivity contribution in [1.82, 2.24) is 4.90 Å². The summed E-state index contributed by atoms with van der Waals surface area (Å²) in [5.41, 5.74) is 0.696. The monoisotopic (exact) mass is 294 g/mol. The fourth-order valence-corrected chi connectivity index (χ4v) is 2.64. The number of carbonyl (C=O) groups is 2. The van der Waals surface area contributed by atoms with E-state index in [9.17, 15) is 9.59 Å². The van der Waals surface area contributed by atoms with Crippen LogP contribution < -0.4 is 5.32 Å². The number of nitrogens with zero attached hydrogens (tertiary/aromatic N) is 1. The highest BCUT2D eigenvalue weighted by Crippen LogP contribution is 2.20. The van der Waals surface area contributed by atoms with E-state index in [1.54, 1.807) is 23.1 Å². The molecule has 1 saturated heterocycles. The van der Waals surface area contributed by atoms with Gasteiger partial charge in [0.1, 0.15) is 0 Å². The van der Waals surface area contributed by atoms with Gasteiger partial charge in [0, 0.05) is 30.2 Å². The Labute approximate surface area is 124 Å². The summed E-state index contributed by atoms with van der Waals surface area (Å²) in [4.78, 5) is 25.7. The molecule has 108 valence electrons. The average molecular weight is 295 g/mol. The molecule has 2 rings (SSSR count). The second-order valence-corrected chi connectivity index (χ2v) is 5.47. The number of benzene rings is 1. The van der Waals surface area contributed by atoms with Gasteiger partial charge in [0.05, 0.1) is 5.92 Å². The van der Waals surface area contributed by atoms with E-state index >= 15 is 0 Å². The molecule has 1 aromatic rings. The molecule has 20 heavy (non-hydrogen) atoms. The lowest BCUT2D eigenvalue weighted by Gasteiger charge is -2.31. The van der Waals surface area contributed by atoms with E-state index in [0.29, 0.717) is 23.7 Å². The van der Waals surface area contributed by atoms with E-state index in [1.807, 2.05) is 13.0 Å². The number of hydrogen-bond acceptors (Lipinski definition) is 2. The van der Waals surface area contributed by atoms with E-state index in [4.69, 9.17) is 11.6 Å². The van der Waals surface area contributed by atoms with Crippen LogP contribution in [0.15, 0.2) is 24.3 Å². The number of halogens is 1. The molecule has 0 unspecified atom stereocenters. The molecular formula is C15H19ClN2O2. The van der Waals surface area contributed by atoms with E-state index < -0.39 is 0 Å². The van der Waals surface area contributed by atoms with Gasteiger partial charge in [-0.2, -0.15) is 0 Å². The van der Waals surface area contributed by atoms with Gasteiger partial charge in [0.15, 0.2) is 0 Å². The molecule has 2 amide bonds. The Hall–Kier alpha value is -1.55. The number of piperidine rings is 1. The van der Waals surface area contributed by atoms with Crippen molar-refractivity contribution >= 4 is 29.1 Å². The first-order valence-electron chi connectivity index (χ1n) is 6.94.